The van der Waals surface area contributed by atoms with Crippen molar-refractivity contribution in [3.63, 3.8) is 0 Å². The summed E-state index contributed by atoms with van der Waals surface area (Å²) in [7, 11) is 0. The summed E-state index contributed by atoms with van der Waals surface area (Å²) in [4.78, 5) is 0. The molecule has 0 aromatic rings. The van der Waals surface area contributed by atoms with Gasteiger partial charge in [-0.3, -0.25) is 0 Å². The summed E-state index contributed by atoms with van der Waals surface area (Å²) in [6.07, 6.45) is 3.01. The molecule has 0 fully saturated rings. The van der Waals surface area contributed by atoms with E-state index in [0.29, 0.717) is 0 Å². The lowest BCUT2D eigenvalue weighted by Crippen LogP contribution is -2.10. The highest BCUT2D eigenvalue weighted by Gasteiger charge is 2.04. The highest BCUT2D eigenvalue weighted by Crippen LogP contribution is 2.11. The summed E-state index contributed by atoms with van der Waals surface area (Å²) in [6, 6.07) is 0. The minimum atomic E-state index is -0.382. The van der Waals surface area contributed by atoms with Crippen molar-refractivity contribution in [2.24, 2.45) is 5.92 Å². The maximum Gasteiger partial charge on any atom is 0.0757 e. The van der Waals surface area contributed by atoms with Gasteiger partial charge >= 0.3 is 0 Å². The van der Waals surface area contributed by atoms with Gasteiger partial charge in [0.2, 0.25) is 0 Å². The fourth-order valence-corrected chi connectivity index (χ4v) is 0.694. The zero-order chi connectivity index (χ0) is 8.15. The Bertz CT molecular complexity index is 138. The second kappa shape index (κ2) is 4.69. The van der Waals surface area contributed by atoms with Crippen LogP contribution in [0.25, 0.3) is 0 Å². The second-order valence-corrected chi connectivity index (χ2v) is 3.41. The molecule has 0 rings (SSSR count). The van der Waals surface area contributed by atoms with Crippen LogP contribution < -0.4 is 0 Å². The molecule has 0 saturated heterocycles. The van der Waals surface area contributed by atoms with Gasteiger partial charge in [0.05, 0.1) is 6.10 Å². The summed E-state index contributed by atoms with van der Waals surface area (Å²) in [6.45, 7) is 7.47. The Morgan fingerprint density at radius 2 is 2.10 bits per heavy atom. The average molecular weight is 205 g/mol. The van der Waals surface area contributed by atoms with Crippen molar-refractivity contribution in [2.75, 3.05) is 0 Å². The Balaban J connectivity index is 3.98. The van der Waals surface area contributed by atoms with E-state index >= 15 is 0 Å². The molecule has 0 heterocycles. The SMILES string of the molecule is C=C/C(Br)=C/C(O)C(C)C. The number of aliphatic hydroxyl groups is 1. The molecule has 0 aliphatic carbocycles. The molecule has 0 radical (unpaired) electrons. The van der Waals surface area contributed by atoms with Crippen LogP contribution in [0.4, 0.5) is 0 Å². The molecule has 0 saturated carbocycles. The molecule has 0 bridgehead atoms. The normalized spacial score (nSPS) is 15.5. The molecule has 1 N–H and O–H groups in total. The van der Waals surface area contributed by atoms with Crippen molar-refractivity contribution in [2.45, 2.75) is 20.0 Å². The van der Waals surface area contributed by atoms with E-state index in [9.17, 15) is 5.11 Å². The van der Waals surface area contributed by atoms with Crippen molar-refractivity contribution >= 4 is 15.9 Å². The van der Waals surface area contributed by atoms with E-state index < -0.39 is 0 Å². The van der Waals surface area contributed by atoms with Gasteiger partial charge in [0.25, 0.3) is 0 Å². The van der Waals surface area contributed by atoms with Gasteiger partial charge in [-0.1, -0.05) is 42.4 Å². The summed E-state index contributed by atoms with van der Waals surface area (Å²) in [5.41, 5.74) is 0. The Labute approximate surface area is 70.6 Å². The van der Waals surface area contributed by atoms with Crippen molar-refractivity contribution in [1.29, 1.82) is 0 Å². The first-order chi connectivity index (χ1) is 4.57. The van der Waals surface area contributed by atoms with E-state index in [-0.39, 0.29) is 12.0 Å². The van der Waals surface area contributed by atoms with Gasteiger partial charge in [-0.2, -0.15) is 0 Å². The molecule has 0 aromatic heterocycles. The first-order valence-electron chi connectivity index (χ1n) is 3.25. The molecular formula is C8H13BrO. The fraction of sp³-hybridized carbons (Fsp3) is 0.500. The van der Waals surface area contributed by atoms with E-state index in [1.807, 2.05) is 13.8 Å². The van der Waals surface area contributed by atoms with Crippen LogP contribution in [0.5, 0.6) is 0 Å². The number of allylic oxidation sites excluding steroid dienone is 2. The molecule has 0 spiro atoms. The van der Waals surface area contributed by atoms with E-state index in [1.54, 1.807) is 12.2 Å². The summed E-state index contributed by atoms with van der Waals surface area (Å²) < 4.78 is 0.841. The Hall–Kier alpha value is -0.0800. The third-order valence-corrected chi connectivity index (χ3v) is 1.80. The molecule has 0 aliphatic heterocycles. The van der Waals surface area contributed by atoms with Gasteiger partial charge in [0.15, 0.2) is 0 Å². The minimum Gasteiger partial charge on any atom is -0.389 e. The molecule has 1 nitrogen and oxygen atoms in total. The average Bonchev–Trinajstić information content (AvgIpc) is 1.87. The highest BCUT2D eigenvalue weighted by molar-refractivity contribution is 9.11. The molecule has 0 aliphatic rings. The van der Waals surface area contributed by atoms with Gasteiger partial charge in [0.1, 0.15) is 0 Å². The largest absolute Gasteiger partial charge is 0.389 e. The predicted octanol–water partition coefficient (Wildman–Crippen LogP) is 2.47. The quantitative estimate of drug-likeness (QED) is 0.701. The first-order valence-corrected chi connectivity index (χ1v) is 4.05. The maximum absolute atomic E-state index is 9.27. The molecule has 10 heavy (non-hydrogen) atoms. The molecule has 58 valence electrons. The van der Waals surface area contributed by atoms with Crippen molar-refractivity contribution < 1.29 is 5.11 Å². The van der Waals surface area contributed by atoms with Gasteiger partial charge in [-0.25, -0.2) is 0 Å². The van der Waals surface area contributed by atoms with Crippen LogP contribution in [0.1, 0.15) is 13.8 Å². The first kappa shape index (κ1) is 9.92. The van der Waals surface area contributed by atoms with Crippen LogP contribution in [0.2, 0.25) is 0 Å². The van der Waals surface area contributed by atoms with E-state index in [1.165, 1.54) is 0 Å². The number of halogens is 1. The summed E-state index contributed by atoms with van der Waals surface area (Å²) >= 11 is 3.23. The molecule has 0 amide bonds. The van der Waals surface area contributed by atoms with Gasteiger partial charge < -0.3 is 5.11 Å². The predicted molar refractivity (Wildman–Crippen MR) is 48.1 cm³/mol. The second-order valence-electron chi connectivity index (χ2n) is 2.49. The Morgan fingerprint density at radius 1 is 1.60 bits per heavy atom. The number of rotatable bonds is 3. The van der Waals surface area contributed by atoms with Crippen LogP contribution in [0.3, 0.4) is 0 Å². The molecule has 2 heteroatoms. The molecule has 1 unspecified atom stereocenters. The van der Waals surface area contributed by atoms with Crippen molar-refractivity contribution in [3.8, 4) is 0 Å². The Kier molecular flexibility index (Phi) is 4.65. The van der Waals surface area contributed by atoms with E-state index in [4.69, 9.17) is 0 Å². The zero-order valence-electron chi connectivity index (χ0n) is 6.34. The maximum atomic E-state index is 9.27. The molecule has 0 aromatic carbocycles. The third-order valence-electron chi connectivity index (χ3n) is 1.21. The monoisotopic (exact) mass is 204 g/mol. The van der Waals surface area contributed by atoms with Crippen molar-refractivity contribution in [1.82, 2.24) is 0 Å². The van der Waals surface area contributed by atoms with E-state index in [0.717, 1.165) is 4.48 Å². The van der Waals surface area contributed by atoms with Gasteiger partial charge in [0, 0.05) is 4.48 Å². The number of hydrogen-bond donors (Lipinski definition) is 1. The lowest BCUT2D eigenvalue weighted by atomic mass is 10.1. The van der Waals surface area contributed by atoms with Crippen LogP contribution >= 0.6 is 15.9 Å². The number of aliphatic hydroxyl groups excluding tert-OH is 1. The van der Waals surface area contributed by atoms with Crippen LogP contribution in [0.15, 0.2) is 23.2 Å². The third kappa shape index (κ3) is 3.85. The lowest BCUT2D eigenvalue weighted by molar-refractivity contribution is 0.172. The lowest BCUT2D eigenvalue weighted by Gasteiger charge is -2.08. The van der Waals surface area contributed by atoms with Gasteiger partial charge in [-0.15, -0.1) is 0 Å². The topological polar surface area (TPSA) is 20.2 Å². The van der Waals surface area contributed by atoms with Crippen LogP contribution in [0, 0.1) is 5.92 Å². The van der Waals surface area contributed by atoms with Crippen molar-refractivity contribution in [3.05, 3.63) is 23.2 Å². The Morgan fingerprint density at radius 3 is 2.40 bits per heavy atom. The van der Waals surface area contributed by atoms with Gasteiger partial charge in [-0.05, 0) is 12.0 Å². The summed E-state index contributed by atoms with van der Waals surface area (Å²) in [5, 5.41) is 9.27. The molecular weight excluding hydrogens is 192 g/mol. The van der Waals surface area contributed by atoms with Crippen LogP contribution in [-0.4, -0.2) is 11.2 Å². The minimum absolute atomic E-state index is 0.257. The standard InChI is InChI=1S/C8H13BrO/c1-4-7(9)5-8(10)6(2)3/h4-6,8,10H,1H2,2-3H3/b7-5-. The summed E-state index contributed by atoms with van der Waals surface area (Å²) in [5.74, 6) is 0.257. The number of hydrogen-bond acceptors (Lipinski definition) is 1. The van der Waals surface area contributed by atoms with E-state index in [2.05, 4.69) is 22.5 Å². The smallest absolute Gasteiger partial charge is 0.0757 e. The zero-order valence-corrected chi connectivity index (χ0v) is 7.93. The fourth-order valence-electron chi connectivity index (χ4n) is 0.424. The molecule has 1 atom stereocenters. The highest BCUT2D eigenvalue weighted by atomic mass is 79.9. The van der Waals surface area contributed by atoms with Crippen LogP contribution in [-0.2, 0) is 0 Å².